The quantitative estimate of drug-likeness (QED) is 0.627. The number of hydrogen-bond donors (Lipinski definition) is 3. The Morgan fingerprint density at radius 3 is 1.65 bits per heavy atom. The average molecular weight is 270 g/mol. The lowest BCUT2D eigenvalue weighted by atomic mass is 10.5. The van der Waals surface area contributed by atoms with Gasteiger partial charge in [-0.3, -0.25) is 4.79 Å². The number of rotatable bonds is 2. The van der Waals surface area contributed by atoms with E-state index in [1.165, 1.54) is 0 Å². The standard InChI is InChI=1S/C4H7F3N2O.C2HF3O2/c5-4(6,7)2-9-3(10)1-8;3-2(4,5)1(6)7/h1-2,8H2,(H,9,10);(H,6,7). The lowest BCUT2D eigenvalue weighted by Crippen LogP contribution is -2.37. The Balaban J connectivity index is 0. The Morgan fingerprint density at radius 2 is 1.47 bits per heavy atom. The van der Waals surface area contributed by atoms with Crippen LogP contribution in [0.25, 0.3) is 0 Å². The zero-order valence-corrected chi connectivity index (χ0v) is 8.02. The number of amides is 1. The molecule has 102 valence electrons. The Morgan fingerprint density at radius 1 is 1.12 bits per heavy atom. The van der Waals surface area contributed by atoms with E-state index in [4.69, 9.17) is 15.6 Å². The number of alkyl halides is 6. The average Bonchev–Trinajstić information content (AvgIpc) is 2.12. The summed E-state index contributed by atoms with van der Waals surface area (Å²) < 4.78 is 65.6. The molecule has 0 aliphatic heterocycles. The summed E-state index contributed by atoms with van der Waals surface area (Å²) in [5.74, 6) is -3.56. The molecule has 0 unspecified atom stereocenters. The first-order valence-electron chi connectivity index (χ1n) is 3.73. The van der Waals surface area contributed by atoms with Gasteiger partial charge in [-0.05, 0) is 0 Å². The van der Waals surface area contributed by atoms with Gasteiger partial charge < -0.3 is 16.2 Å². The van der Waals surface area contributed by atoms with Gasteiger partial charge in [-0.15, -0.1) is 0 Å². The second kappa shape index (κ2) is 6.93. The van der Waals surface area contributed by atoms with Gasteiger partial charge in [-0.2, -0.15) is 26.3 Å². The Hall–Kier alpha value is -1.52. The van der Waals surface area contributed by atoms with Gasteiger partial charge in [0.25, 0.3) is 0 Å². The molecule has 0 saturated carbocycles. The maximum absolute atomic E-state index is 11.3. The van der Waals surface area contributed by atoms with E-state index in [9.17, 15) is 31.1 Å². The molecule has 0 bridgehead atoms. The number of carboxylic acid groups (broad SMARTS) is 1. The molecule has 0 spiro atoms. The molecule has 0 atom stereocenters. The molecule has 1 amide bonds. The van der Waals surface area contributed by atoms with Crippen molar-refractivity contribution in [1.29, 1.82) is 0 Å². The third kappa shape index (κ3) is 14.5. The van der Waals surface area contributed by atoms with Gasteiger partial charge in [0.2, 0.25) is 5.91 Å². The fraction of sp³-hybridized carbons (Fsp3) is 0.667. The highest BCUT2D eigenvalue weighted by atomic mass is 19.4. The number of carbonyl (C=O) groups is 2. The summed E-state index contributed by atoms with van der Waals surface area (Å²) in [5, 5.41) is 8.71. The van der Waals surface area contributed by atoms with Crippen LogP contribution < -0.4 is 11.1 Å². The minimum Gasteiger partial charge on any atom is -0.475 e. The smallest absolute Gasteiger partial charge is 0.475 e. The van der Waals surface area contributed by atoms with E-state index in [2.05, 4.69) is 0 Å². The minimum absolute atomic E-state index is 0.421. The monoisotopic (exact) mass is 270 g/mol. The van der Waals surface area contributed by atoms with Gasteiger partial charge in [0.15, 0.2) is 0 Å². The van der Waals surface area contributed by atoms with Crippen molar-refractivity contribution < 1.29 is 41.0 Å². The van der Waals surface area contributed by atoms with Gasteiger partial charge in [0, 0.05) is 0 Å². The summed E-state index contributed by atoms with van der Waals surface area (Å²) in [6.45, 7) is -1.74. The van der Waals surface area contributed by atoms with Crippen molar-refractivity contribution in [2.75, 3.05) is 13.1 Å². The van der Waals surface area contributed by atoms with Crippen molar-refractivity contribution in [2.45, 2.75) is 12.4 Å². The lowest BCUT2D eigenvalue weighted by Gasteiger charge is -2.05. The van der Waals surface area contributed by atoms with Gasteiger partial charge >= 0.3 is 18.3 Å². The molecule has 0 heterocycles. The van der Waals surface area contributed by atoms with Crippen molar-refractivity contribution in [3.8, 4) is 0 Å². The topological polar surface area (TPSA) is 92.4 Å². The summed E-state index contributed by atoms with van der Waals surface area (Å²) in [7, 11) is 0. The maximum atomic E-state index is 11.3. The number of aliphatic carboxylic acids is 1. The second-order valence-electron chi connectivity index (χ2n) is 2.40. The van der Waals surface area contributed by atoms with Crippen molar-refractivity contribution >= 4 is 11.9 Å². The van der Waals surface area contributed by atoms with Crippen LogP contribution in [0.1, 0.15) is 0 Å². The van der Waals surface area contributed by atoms with Crippen LogP contribution in [0.4, 0.5) is 26.3 Å². The number of carbonyl (C=O) groups excluding carboxylic acids is 1. The fourth-order valence-corrected chi connectivity index (χ4v) is 0.271. The van der Waals surface area contributed by atoms with E-state index < -0.39 is 37.3 Å². The third-order valence-electron chi connectivity index (χ3n) is 0.914. The lowest BCUT2D eigenvalue weighted by molar-refractivity contribution is -0.192. The van der Waals surface area contributed by atoms with Crippen molar-refractivity contribution in [3.63, 3.8) is 0 Å². The van der Waals surface area contributed by atoms with Gasteiger partial charge in [-0.1, -0.05) is 0 Å². The molecule has 0 fully saturated rings. The van der Waals surface area contributed by atoms with Crippen LogP contribution in [-0.4, -0.2) is 42.4 Å². The molecule has 17 heavy (non-hydrogen) atoms. The molecule has 5 nitrogen and oxygen atoms in total. The first-order valence-corrected chi connectivity index (χ1v) is 3.73. The van der Waals surface area contributed by atoms with Gasteiger partial charge in [0.1, 0.15) is 6.54 Å². The predicted molar refractivity (Wildman–Crippen MR) is 41.8 cm³/mol. The Kier molecular flexibility index (Phi) is 7.29. The highest BCUT2D eigenvalue weighted by Gasteiger charge is 2.38. The third-order valence-corrected chi connectivity index (χ3v) is 0.914. The van der Waals surface area contributed by atoms with E-state index in [-0.39, 0.29) is 0 Å². The molecule has 0 aromatic carbocycles. The predicted octanol–water partition coefficient (Wildman–Crippen LogP) is 0.257. The van der Waals surface area contributed by atoms with Crippen LogP contribution in [0.15, 0.2) is 0 Å². The molecule has 0 radical (unpaired) electrons. The first kappa shape index (κ1) is 17.9. The molecular formula is C6H8F6N2O3. The van der Waals surface area contributed by atoms with Gasteiger partial charge in [-0.25, -0.2) is 4.79 Å². The highest BCUT2D eigenvalue weighted by molar-refractivity contribution is 5.77. The number of hydrogen-bond acceptors (Lipinski definition) is 3. The second-order valence-corrected chi connectivity index (χ2v) is 2.40. The summed E-state index contributed by atoms with van der Waals surface area (Å²) in [5.41, 5.74) is 4.72. The summed E-state index contributed by atoms with van der Waals surface area (Å²) >= 11 is 0. The van der Waals surface area contributed by atoms with E-state index in [0.717, 1.165) is 0 Å². The molecule has 0 rings (SSSR count). The van der Waals surface area contributed by atoms with Crippen LogP contribution in [-0.2, 0) is 9.59 Å². The van der Waals surface area contributed by atoms with Crippen molar-refractivity contribution in [3.05, 3.63) is 0 Å². The normalized spacial score (nSPS) is 11.2. The Labute approximate surface area is 90.6 Å². The molecule has 0 aromatic rings. The molecule has 0 aliphatic rings. The van der Waals surface area contributed by atoms with Crippen LogP contribution >= 0.6 is 0 Å². The van der Waals surface area contributed by atoms with E-state index in [1.807, 2.05) is 0 Å². The van der Waals surface area contributed by atoms with Crippen LogP contribution in [0, 0.1) is 0 Å². The van der Waals surface area contributed by atoms with E-state index >= 15 is 0 Å². The fourth-order valence-electron chi connectivity index (χ4n) is 0.271. The molecular weight excluding hydrogens is 262 g/mol. The molecule has 0 saturated heterocycles. The van der Waals surface area contributed by atoms with Crippen LogP contribution in [0.2, 0.25) is 0 Å². The van der Waals surface area contributed by atoms with Crippen molar-refractivity contribution in [1.82, 2.24) is 5.32 Å². The molecule has 11 heteroatoms. The first-order chi connectivity index (χ1) is 7.40. The van der Waals surface area contributed by atoms with Crippen LogP contribution in [0.5, 0.6) is 0 Å². The maximum Gasteiger partial charge on any atom is 0.490 e. The van der Waals surface area contributed by atoms with E-state index in [1.54, 1.807) is 5.32 Å². The zero-order valence-electron chi connectivity index (χ0n) is 8.02. The molecule has 0 aliphatic carbocycles. The SMILES string of the molecule is NCC(=O)NCC(F)(F)F.O=C(O)C(F)(F)F. The van der Waals surface area contributed by atoms with Crippen LogP contribution in [0.3, 0.4) is 0 Å². The highest BCUT2D eigenvalue weighted by Crippen LogP contribution is 2.13. The number of nitrogens with two attached hydrogens (primary N) is 1. The largest absolute Gasteiger partial charge is 0.490 e. The molecule has 0 aromatic heterocycles. The summed E-state index contributed by atoms with van der Waals surface area (Å²) in [4.78, 5) is 19.0. The number of carboxylic acids is 1. The number of nitrogens with one attached hydrogen (secondary N) is 1. The minimum atomic E-state index is -5.08. The molecule has 4 N–H and O–H groups in total. The summed E-state index contributed by atoms with van der Waals surface area (Å²) in [6.07, 6.45) is -9.44. The van der Waals surface area contributed by atoms with Gasteiger partial charge in [0.05, 0.1) is 6.54 Å². The van der Waals surface area contributed by atoms with E-state index in [0.29, 0.717) is 0 Å². The summed E-state index contributed by atoms with van der Waals surface area (Å²) in [6, 6.07) is 0. The number of halogens is 6. The van der Waals surface area contributed by atoms with Crippen molar-refractivity contribution in [2.24, 2.45) is 5.73 Å². The Bertz CT molecular complexity index is 261. The zero-order chi connectivity index (χ0) is 14.3.